The quantitative estimate of drug-likeness (QED) is 0.551. The molecule has 7 heteroatoms. The summed E-state index contributed by atoms with van der Waals surface area (Å²) in [5.41, 5.74) is 2.10. The van der Waals surface area contributed by atoms with Crippen LogP contribution >= 0.6 is 0 Å². The van der Waals surface area contributed by atoms with Gasteiger partial charge in [0.15, 0.2) is 0 Å². The van der Waals surface area contributed by atoms with Gasteiger partial charge in [-0.1, -0.05) is 18.2 Å². The second-order valence-corrected chi connectivity index (χ2v) is 6.11. The summed E-state index contributed by atoms with van der Waals surface area (Å²) in [6, 6.07) is 6.23. The zero-order chi connectivity index (χ0) is 17.4. The van der Waals surface area contributed by atoms with Crippen LogP contribution in [0.4, 0.5) is 9.18 Å². The maximum absolute atomic E-state index is 13.5. The Kier molecular flexibility index (Phi) is 6.99. The van der Waals surface area contributed by atoms with Gasteiger partial charge in [-0.3, -0.25) is 10.0 Å². The number of carbonyl (C=O) groups is 2. The number of hydroxylamine groups is 1. The molecule has 0 spiro atoms. The van der Waals surface area contributed by atoms with Crippen molar-refractivity contribution in [1.82, 2.24) is 15.7 Å². The first-order valence-corrected chi connectivity index (χ1v) is 8.29. The molecule has 1 fully saturated rings. The summed E-state index contributed by atoms with van der Waals surface area (Å²) in [6.45, 7) is 1.52. The molecule has 6 nitrogen and oxygen atoms in total. The van der Waals surface area contributed by atoms with E-state index in [2.05, 4.69) is 5.32 Å². The number of likely N-dealkylation sites (tertiary alicyclic amines) is 1. The van der Waals surface area contributed by atoms with Gasteiger partial charge in [0.25, 0.3) is 0 Å². The third kappa shape index (κ3) is 5.49. The molecule has 1 aliphatic rings. The second-order valence-electron chi connectivity index (χ2n) is 6.11. The molecule has 1 heterocycles. The molecule has 0 unspecified atom stereocenters. The highest BCUT2D eigenvalue weighted by atomic mass is 19.1. The number of amides is 3. The Hall–Kier alpha value is -2.15. The van der Waals surface area contributed by atoms with E-state index >= 15 is 0 Å². The molecular formula is C17H24FN3O3. The number of nitrogens with one attached hydrogen (secondary N) is 2. The van der Waals surface area contributed by atoms with Gasteiger partial charge >= 0.3 is 6.03 Å². The fourth-order valence-corrected chi connectivity index (χ4v) is 2.96. The Bertz CT molecular complexity index is 560. The van der Waals surface area contributed by atoms with Crippen molar-refractivity contribution in [3.05, 3.63) is 35.6 Å². The molecule has 1 aliphatic heterocycles. The lowest BCUT2D eigenvalue weighted by Gasteiger charge is -2.32. The molecule has 1 aromatic carbocycles. The summed E-state index contributed by atoms with van der Waals surface area (Å²) >= 11 is 0. The molecule has 0 saturated carbocycles. The molecule has 1 saturated heterocycles. The van der Waals surface area contributed by atoms with Crippen LogP contribution < -0.4 is 10.8 Å². The monoisotopic (exact) mass is 337 g/mol. The number of urea groups is 1. The fraction of sp³-hybridized carbons (Fsp3) is 0.529. The Labute approximate surface area is 141 Å². The highest BCUT2D eigenvalue weighted by molar-refractivity contribution is 5.74. The van der Waals surface area contributed by atoms with Gasteiger partial charge in [0.1, 0.15) is 5.82 Å². The highest BCUT2D eigenvalue weighted by Crippen LogP contribution is 2.22. The highest BCUT2D eigenvalue weighted by Gasteiger charge is 2.22. The van der Waals surface area contributed by atoms with Crippen LogP contribution in [0, 0.1) is 11.7 Å². The summed E-state index contributed by atoms with van der Waals surface area (Å²) < 4.78 is 13.5. The minimum atomic E-state index is -0.361. The fourth-order valence-electron chi connectivity index (χ4n) is 2.96. The van der Waals surface area contributed by atoms with Crippen molar-refractivity contribution < 1.29 is 19.2 Å². The van der Waals surface area contributed by atoms with Crippen LogP contribution in [-0.2, 0) is 11.3 Å². The van der Waals surface area contributed by atoms with Gasteiger partial charge < -0.3 is 10.2 Å². The van der Waals surface area contributed by atoms with E-state index in [4.69, 9.17) is 5.21 Å². The van der Waals surface area contributed by atoms with E-state index in [-0.39, 0.29) is 24.3 Å². The third-order valence-electron chi connectivity index (χ3n) is 4.43. The first-order chi connectivity index (χ1) is 11.6. The van der Waals surface area contributed by atoms with Crippen LogP contribution in [-0.4, -0.2) is 35.1 Å². The molecule has 0 atom stereocenters. The number of hydrogen-bond acceptors (Lipinski definition) is 3. The molecule has 0 aliphatic carbocycles. The lowest BCUT2D eigenvalue weighted by atomic mass is 9.91. The van der Waals surface area contributed by atoms with Crippen LogP contribution in [0.15, 0.2) is 24.3 Å². The molecular weight excluding hydrogens is 313 g/mol. The molecule has 0 bridgehead atoms. The van der Waals surface area contributed by atoms with Crippen molar-refractivity contribution in [3.8, 4) is 0 Å². The summed E-state index contributed by atoms with van der Waals surface area (Å²) in [7, 11) is 0. The number of nitrogens with zero attached hydrogens (tertiary/aromatic N) is 1. The van der Waals surface area contributed by atoms with Gasteiger partial charge in [0.2, 0.25) is 5.91 Å². The molecule has 3 amide bonds. The number of hydrogen-bond donors (Lipinski definition) is 3. The van der Waals surface area contributed by atoms with Crippen molar-refractivity contribution in [2.75, 3.05) is 13.1 Å². The molecule has 0 aromatic heterocycles. The van der Waals surface area contributed by atoms with Crippen LogP contribution in [0.1, 0.15) is 37.7 Å². The predicted molar refractivity (Wildman–Crippen MR) is 86.7 cm³/mol. The smallest absolute Gasteiger partial charge is 0.317 e. The maximum atomic E-state index is 13.5. The maximum Gasteiger partial charge on any atom is 0.317 e. The second kappa shape index (κ2) is 9.22. The summed E-state index contributed by atoms with van der Waals surface area (Å²) in [6.07, 6.45) is 3.76. The van der Waals surface area contributed by atoms with Crippen molar-refractivity contribution in [2.45, 2.75) is 38.6 Å². The SMILES string of the molecule is O=C(CCCC1CCN(C(=O)NCc2ccccc2F)CC1)NO. The summed E-state index contributed by atoms with van der Waals surface area (Å²) in [4.78, 5) is 24.8. The van der Waals surface area contributed by atoms with E-state index in [1.54, 1.807) is 28.6 Å². The largest absolute Gasteiger partial charge is 0.334 e. The van der Waals surface area contributed by atoms with E-state index in [1.165, 1.54) is 6.07 Å². The zero-order valence-corrected chi connectivity index (χ0v) is 13.6. The predicted octanol–water partition coefficient (Wildman–Crippen LogP) is 2.42. The first-order valence-electron chi connectivity index (χ1n) is 8.29. The average molecular weight is 337 g/mol. The number of benzene rings is 1. The lowest BCUT2D eigenvalue weighted by molar-refractivity contribution is -0.129. The molecule has 132 valence electrons. The van der Waals surface area contributed by atoms with E-state index < -0.39 is 0 Å². The first kappa shape index (κ1) is 18.2. The van der Waals surface area contributed by atoms with Crippen molar-refractivity contribution in [2.24, 2.45) is 5.92 Å². The van der Waals surface area contributed by atoms with Crippen LogP contribution in [0.25, 0.3) is 0 Å². The number of halogens is 1. The van der Waals surface area contributed by atoms with Gasteiger partial charge in [0, 0.05) is 31.6 Å². The minimum absolute atomic E-state index is 0.170. The summed E-state index contributed by atoms with van der Waals surface area (Å²) in [5, 5.41) is 11.2. The van der Waals surface area contributed by atoms with Crippen LogP contribution in [0.3, 0.4) is 0 Å². The normalized spacial score (nSPS) is 15.2. The van der Waals surface area contributed by atoms with Gasteiger partial charge in [-0.05, 0) is 37.7 Å². The van der Waals surface area contributed by atoms with Gasteiger partial charge in [0.05, 0.1) is 0 Å². The summed E-state index contributed by atoms with van der Waals surface area (Å²) in [5.74, 6) is -0.185. The van der Waals surface area contributed by atoms with Crippen molar-refractivity contribution in [3.63, 3.8) is 0 Å². The van der Waals surface area contributed by atoms with Crippen LogP contribution in [0.5, 0.6) is 0 Å². The van der Waals surface area contributed by atoms with E-state index in [0.717, 1.165) is 25.7 Å². The van der Waals surface area contributed by atoms with Crippen molar-refractivity contribution in [1.29, 1.82) is 0 Å². The topological polar surface area (TPSA) is 81.7 Å². The average Bonchev–Trinajstić information content (AvgIpc) is 2.61. The molecule has 0 radical (unpaired) electrons. The van der Waals surface area contributed by atoms with Crippen LogP contribution in [0.2, 0.25) is 0 Å². The molecule has 24 heavy (non-hydrogen) atoms. The lowest BCUT2D eigenvalue weighted by Crippen LogP contribution is -2.44. The van der Waals surface area contributed by atoms with Gasteiger partial charge in [-0.15, -0.1) is 0 Å². The Morgan fingerprint density at radius 1 is 1.25 bits per heavy atom. The molecule has 2 rings (SSSR count). The van der Waals surface area contributed by atoms with Crippen molar-refractivity contribution >= 4 is 11.9 Å². The Morgan fingerprint density at radius 3 is 2.62 bits per heavy atom. The van der Waals surface area contributed by atoms with E-state index in [1.807, 2.05) is 0 Å². The zero-order valence-electron chi connectivity index (χ0n) is 13.6. The number of carbonyl (C=O) groups excluding carboxylic acids is 2. The molecule has 3 N–H and O–H groups in total. The Balaban J connectivity index is 1.67. The Morgan fingerprint density at radius 2 is 1.96 bits per heavy atom. The molecule has 1 aromatic rings. The number of piperidine rings is 1. The van der Waals surface area contributed by atoms with Gasteiger partial charge in [-0.25, -0.2) is 14.7 Å². The standard InChI is InChI=1S/C17H24FN3O3/c18-15-6-2-1-5-14(15)12-19-17(23)21-10-8-13(9-11-21)4-3-7-16(22)20-24/h1-2,5-6,13,24H,3-4,7-12H2,(H,19,23)(H,20,22). The van der Waals surface area contributed by atoms with Gasteiger partial charge in [-0.2, -0.15) is 0 Å². The minimum Gasteiger partial charge on any atom is -0.334 e. The number of rotatable bonds is 6. The van der Waals surface area contributed by atoms with E-state index in [9.17, 15) is 14.0 Å². The van der Waals surface area contributed by atoms with E-state index in [0.29, 0.717) is 31.0 Å². The third-order valence-corrected chi connectivity index (χ3v) is 4.43.